The van der Waals surface area contributed by atoms with Gasteiger partial charge in [-0.1, -0.05) is 18.6 Å². The molecule has 1 fully saturated rings. The Morgan fingerprint density at radius 1 is 1.30 bits per heavy atom. The third kappa shape index (κ3) is 4.12. The second-order valence-electron chi connectivity index (χ2n) is 5.90. The van der Waals surface area contributed by atoms with Crippen LogP contribution in [0.2, 0.25) is 0 Å². The Hall–Kier alpha value is -1.85. The fourth-order valence-corrected chi connectivity index (χ4v) is 3.65. The van der Waals surface area contributed by atoms with Gasteiger partial charge in [-0.05, 0) is 54.9 Å². The largest absolute Gasteiger partial charge is 0.488 e. The topological polar surface area (TPSA) is 64.3 Å². The van der Waals surface area contributed by atoms with E-state index < -0.39 is 0 Å². The lowest BCUT2D eigenvalue weighted by Gasteiger charge is -2.19. The summed E-state index contributed by atoms with van der Waals surface area (Å²) in [5.41, 5.74) is 6.41. The molecule has 0 spiro atoms. The Kier molecular flexibility index (Phi) is 5.31. The minimum Gasteiger partial charge on any atom is -0.488 e. The molecule has 1 aliphatic carbocycles. The van der Waals surface area contributed by atoms with Gasteiger partial charge in [-0.25, -0.2) is 0 Å². The number of thiophene rings is 1. The Balaban J connectivity index is 1.61. The SMILES string of the molecule is NCC1CCCC1NC(=O)c1cccc(OCc2cccs2)c1. The van der Waals surface area contributed by atoms with Crippen LogP contribution in [-0.4, -0.2) is 18.5 Å². The maximum absolute atomic E-state index is 12.4. The van der Waals surface area contributed by atoms with E-state index in [1.807, 2.05) is 35.7 Å². The molecule has 1 aliphatic rings. The van der Waals surface area contributed by atoms with E-state index in [0.717, 1.165) is 24.1 Å². The second kappa shape index (κ2) is 7.62. The molecule has 3 N–H and O–H groups in total. The summed E-state index contributed by atoms with van der Waals surface area (Å²) in [5, 5.41) is 5.15. The zero-order valence-electron chi connectivity index (χ0n) is 13.0. The lowest BCUT2D eigenvalue weighted by molar-refractivity contribution is 0.0928. The van der Waals surface area contributed by atoms with E-state index in [0.29, 0.717) is 30.4 Å². The van der Waals surface area contributed by atoms with Gasteiger partial charge in [-0.2, -0.15) is 0 Å². The predicted octanol–water partition coefficient (Wildman–Crippen LogP) is 3.18. The number of nitrogens with one attached hydrogen (secondary N) is 1. The first kappa shape index (κ1) is 16.0. The first-order chi connectivity index (χ1) is 11.3. The first-order valence-corrected chi connectivity index (χ1v) is 8.90. The van der Waals surface area contributed by atoms with Gasteiger partial charge in [0.05, 0.1) is 0 Å². The van der Waals surface area contributed by atoms with Crippen molar-refractivity contribution in [3.63, 3.8) is 0 Å². The van der Waals surface area contributed by atoms with Crippen LogP contribution in [0.1, 0.15) is 34.5 Å². The summed E-state index contributed by atoms with van der Waals surface area (Å²) >= 11 is 1.66. The van der Waals surface area contributed by atoms with Crippen molar-refractivity contribution in [1.29, 1.82) is 0 Å². The number of hydrogen-bond acceptors (Lipinski definition) is 4. The van der Waals surface area contributed by atoms with Gasteiger partial charge < -0.3 is 15.8 Å². The molecule has 1 aromatic heterocycles. The van der Waals surface area contributed by atoms with Crippen molar-refractivity contribution < 1.29 is 9.53 Å². The molecule has 0 radical (unpaired) electrons. The minimum atomic E-state index is -0.0445. The zero-order valence-corrected chi connectivity index (χ0v) is 13.9. The van der Waals surface area contributed by atoms with E-state index in [4.69, 9.17) is 10.5 Å². The number of carbonyl (C=O) groups excluding carboxylic acids is 1. The van der Waals surface area contributed by atoms with E-state index in [1.165, 1.54) is 0 Å². The van der Waals surface area contributed by atoms with Crippen molar-refractivity contribution in [2.24, 2.45) is 11.7 Å². The maximum Gasteiger partial charge on any atom is 0.251 e. The molecule has 0 aliphatic heterocycles. The minimum absolute atomic E-state index is 0.0445. The Morgan fingerprint density at radius 2 is 2.22 bits per heavy atom. The quantitative estimate of drug-likeness (QED) is 0.855. The molecule has 122 valence electrons. The van der Waals surface area contributed by atoms with E-state index >= 15 is 0 Å². The van der Waals surface area contributed by atoms with Crippen LogP contribution in [0.3, 0.4) is 0 Å². The molecular weight excluding hydrogens is 308 g/mol. The second-order valence-corrected chi connectivity index (χ2v) is 6.93. The zero-order chi connectivity index (χ0) is 16.1. The van der Waals surface area contributed by atoms with E-state index in [2.05, 4.69) is 5.32 Å². The Bertz CT molecular complexity index is 642. The molecule has 2 aromatic rings. The molecule has 2 atom stereocenters. The summed E-state index contributed by atoms with van der Waals surface area (Å²) in [5.74, 6) is 1.07. The van der Waals surface area contributed by atoms with Crippen molar-refractivity contribution >= 4 is 17.2 Å². The third-order valence-corrected chi connectivity index (χ3v) is 5.19. The number of amides is 1. The standard InChI is InChI=1S/C18H22N2O2S/c19-11-14-5-2-8-17(14)20-18(21)13-4-1-6-15(10-13)22-12-16-7-3-9-23-16/h1,3-4,6-7,9-10,14,17H,2,5,8,11-12,19H2,(H,20,21). The number of carbonyl (C=O) groups is 1. The van der Waals surface area contributed by atoms with Gasteiger partial charge in [-0.15, -0.1) is 11.3 Å². The van der Waals surface area contributed by atoms with Crippen LogP contribution in [0.5, 0.6) is 5.75 Å². The van der Waals surface area contributed by atoms with Crippen LogP contribution in [0.4, 0.5) is 0 Å². The number of benzene rings is 1. The summed E-state index contributed by atoms with van der Waals surface area (Å²) in [6.07, 6.45) is 3.25. The van der Waals surface area contributed by atoms with Gasteiger partial charge in [0.2, 0.25) is 0 Å². The summed E-state index contributed by atoms with van der Waals surface area (Å²) in [7, 11) is 0. The average molecular weight is 330 g/mol. The lowest BCUT2D eigenvalue weighted by atomic mass is 10.0. The Morgan fingerprint density at radius 3 is 3.00 bits per heavy atom. The van der Waals surface area contributed by atoms with Crippen LogP contribution in [0.15, 0.2) is 41.8 Å². The molecular formula is C18H22N2O2S. The van der Waals surface area contributed by atoms with Crippen LogP contribution in [0, 0.1) is 5.92 Å². The monoisotopic (exact) mass is 330 g/mol. The average Bonchev–Trinajstić information content (AvgIpc) is 3.24. The molecule has 1 aromatic carbocycles. The predicted molar refractivity (Wildman–Crippen MR) is 92.7 cm³/mol. The van der Waals surface area contributed by atoms with Crippen LogP contribution in [0.25, 0.3) is 0 Å². The van der Waals surface area contributed by atoms with Gasteiger partial charge in [0, 0.05) is 16.5 Å². The molecule has 5 heteroatoms. The van der Waals surface area contributed by atoms with Crippen LogP contribution in [-0.2, 0) is 6.61 Å². The van der Waals surface area contributed by atoms with Crippen molar-refractivity contribution in [3.8, 4) is 5.75 Å². The highest BCUT2D eigenvalue weighted by atomic mass is 32.1. The van der Waals surface area contributed by atoms with Crippen molar-refractivity contribution in [2.75, 3.05) is 6.54 Å². The number of ether oxygens (including phenoxy) is 1. The fraction of sp³-hybridized carbons (Fsp3) is 0.389. The smallest absolute Gasteiger partial charge is 0.251 e. The van der Waals surface area contributed by atoms with E-state index in [1.54, 1.807) is 17.4 Å². The summed E-state index contributed by atoms with van der Waals surface area (Å²) in [6, 6.07) is 11.6. The van der Waals surface area contributed by atoms with Gasteiger partial charge >= 0.3 is 0 Å². The van der Waals surface area contributed by atoms with Gasteiger partial charge in [0.1, 0.15) is 12.4 Å². The van der Waals surface area contributed by atoms with Gasteiger partial charge in [0.25, 0.3) is 5.91 Å². The molecule has 0 saturated heterocycles. The molecule has 1 heterocycles. The molecule has 1 amide bonds. The molecule has 23 heavy (non-hydrogen) atoms. The molecule has 1 saturated carbocycles. The summed E-state index contributed by atoms with van der Waals surface area (Å²) < 4.78 is 5.76. The molecule has 4 nitrogen and oxygen atoms in total. The van der Waals surface area contributed by atoms with Crippen molar-refractivity contribution in [2.45, 2.75) is 31.9 Å². The van der Waals surface area contributed by atoms with Crippen LogP contribution >= 0.6 is 11.3 Å². The van der Waals surface area contributed by atoms with Crippen molar-refractivity contribution in [1.82, 2.24) is 5.32 Å². The number of hydrogen-bond donors (Lipinski definition) is 2. The maximum atomic E-state index is 12.4. The summed E-state index contributed by atoms with van der Waals surface area (Å²) in [4.78, 5) is 13.6. The van der Waals surface area contributed by atoms with E-state index in [9.17, 15) is 4.79 Å². The highest BCUT2D eigenvalue weighted by molar-refractivity contribution is 7.09. The highest BCUT2D eigenvalue weighted by Gasteiger charge is 2.27. The molecule has 2 unspecified atom stereocenters. The highest BCUT2D eigenvalue weighted by Crippen LogP contribution is 2.25. The molecule has 3 rings (SSSR count). The van der Waals surface area contributed by atoms with E-state index in [-0.39, 0.29) is 11.9 Å². The van der Waals surface area contributed by atoms with Crippen LogP contribution < -0.4 is 15.8 Å². The normalized spacial score (nSPS) is 20.4. The van der Waals surface area contributed by atoms with Crippen molar-refractivity contribution in [3.05, 3.63) is 52.2 Å². The Labute approximate surface area is 140 Å². The lowest BCUT2D eigenvalue weighted by Crippen LogP contribution is -2.39. The summed E-state index contributed by atoms with van der Waals surface area (Å²) in [6.45, 7) is 1.16. The number of nitrogens with two attached hydrogens (primary N) is 1. The number of rotatable bonds is 6. The van der Waals surface area contributed by atoms with Gasteiger partial charge in [-0.3, -0.25) is 4.79 Å². The first-order valence-electron chi connectivity index (χ1n) is 8.02. The molecule has 0 bridgehead atoms. The third-order valence-electron chi connectivity index (χ3n) is 4.34. The van der Waals surface area contributed by atoms with Gasteiger partial charge in [0.15, 0.2) is 0 Å². The fourth-order valence-electron chi connectivity index (χ4n) is 3.04.